The second-order valence-electron chi connectivity index (χ2n) is 14.1. The number of methoxy groups -OCH3 is 1. The van der Waals surface area contributed by atoms with E-state index < -0.39 is 5.60 Å². The molecule has 1 saturated heterocycles. The van der Waals surface area contributed by atoms with Crippen molar-refractivity contribution in [1.29, 1.82) is 0 Å². The molecule has 1 aromatic rings. The van der Waals surface area contributed by atoms with Crippen LogP contribution in [0.3, 0.4) is 0 Å². The van der Waals surface area contributed by atoms with E-state index in [4.69, 9.17) is 4.74 Å². The lowest BCUT2D eigenvalue weighted by atomic mass is 9.91. The minimum Gasteiger partial charge on any atom is -0.497 e. The number of hydrogen-bond donors (Lipinski definition) is 2. The van der Waals surface area contributed by atoms with Gasteiger partial charge in [0.05, 0.1) is 7.11 Å². The van der Waals surface area contributed by atoms with Crippen LogP contribution in [0.4, 0.5) is 5.69 Å². The Labute approximate surface area is 318 Å². The van der Waals surface area contributed by atoms with E-state index in [0.717, 1.165) is 34.7 Å². The summed E-state index contributed by atoms with van der Waals surface area (Å²) in [6.07, 6.45) is 18.7. The predicted octanol–water partition coefficient (Wildman–Crippen LogP) is 7.99. The molecule has 10 heteroatoms. The highest BCUT2D eigenvalue weighted by Gasteiger charge is 2.50. The normalized spacial score (nSPS) is 21.5. The lowest BCUT2D eigenvalue weighted by Crippen LogP contribution is -2.52. The first-order chi connectivity index (χ1) is 24.9. The standard InChI is InChI=1S/C40H59N5O4S.C2H6/c1-8-9-10-11-12-15-31(3)36-18-17-33(38(46)41-50-42(5)6)28-37(36)45-21-14-13-16-35(49-7)27-30(2)26-34(29-45)32(4)43-22-24-44(25-23-43)39(47)40(48)19-20-40;1-2/h13-14,16-18,26-28,31,48H,4,8-12,15,19-25,29H2,1-3,5-7H3,(H,41,46);1-2H3/b14-13+,30-27+,34-26+,35-16+;. The third kappa shape index (κ3) is 12.6. The van der Waals surface area contributed by atoms with Crippen molar-refractivity contribution in [2.75, 3.05) is 65.4 Å². The quantitative estimate of drug-likeness (QED) is 0.139. The second kappa shape index (κ2) is 21.3. The number of nitrogens with zero attached hydrogens (tertiary/aromatic N) is 4. The Balaban J connectivity index is 0.00000358. The lowest BCUT2D eigenvalue weighted by molar-refractivity contribution is -0.144. The van der Waals surface area contributed by atoms with Gasteiger partial charge in [-0.25, -0.2) is 4.31 Å². The third-order valence-corrected chi connectivity index (χ3v) is 10.4. The van der Waals surface area contributed by atoms with Crippen LogP contribution in [-0.2, 0) is 9.53 Å². The van der Waals surface area contributed by atoms with Gasteiger partial charge in [0.1, 0.15) is 11.4 Å². The number of piperazine rings is 1. The molecule has 0 aromatic heterocycles. The monoisotopic (exact) mass is 735 g/mol. The summed E-state index contributed by atoms with van der Waals surface area (Å²) in [6, 6.07) is 6.15. The molecule has 0 spiro atoms. The van der Waals surface area contributed by atoms with Crippen molar-refractivity contribution in [3.8, 4) is 0 Å². The van der Waals surface area contributed by atoms with Crippen molar-refractivity contribution < 1.29 is 19.4 Å². The predicted molar refractivity (Wildman–Crippen MR) is 218 cm³/mol. The fourth-order valence-electron chi connectivity index (χ4n) is 6.53. The Morgan fingerprint density at radius 3 is 2.37 bits per heavy atom. The fraction of sp³-hybridized carbons (Fsp3) is 0.571. The summed E-state index contributed by atoms with van der Waals surface area (Å²) >= 11 is 1.27. The van der Waals surface area contributed by atoms with Crippen LogP contribution in [0.15, 0.2) is 77.8 Å². The zero-order valence-corrected chi connectivity index (χ0v) is 34.0. The number of carbonyl (C=O) groups is 2. The van der Waals surface area contributed by atoms with Gasteiger partial charge >= 0.3 is 0 Å². The van der Waals surface area contributed by atoms with Crippen LogP contribution in [0.5, 0.6) is 0 Å². The first-order valence-electron chi connectivity index (χ1n) is 19.2. The Morgan fingerprint density at radius 1 is 1.06 bits per heavy atom. The largest absolute Gasteiger partial charge is 0.497 e. The van der Waals surface area contributed by atoms with E-state index >= 15 is 0 Å². The maximum atomic E-state index is 13.3. The van der Waals surface area contributed by atoms with Crippen molar-refractivity contribution in [2.45, 2.75) is 97.5 Å². The molecule has 288 valence electrons. The van der Waals surface area contributed by atoms with E-state index in [2.05, 4.69) is 66.2 Å². The van der Waals surface area contributed by atoms with Crippen LogP contribution in [0, 0.1) is 0 Å². The molecule has 0 radical (unpaired) electrons. The van der Waals surface area contributed by atoms with Crippen molar-refractivity contribution in [3.05, 3.63) is 88.9 Å². The SMILES string of the molecule is C=C(/C1=C/C(C)=C/C(OC)=C\C=C\CN(c2cc(C(=O)NSN(C)C)ccc2C(C)CCCCCCC)C1)N1CCN(C(=O)C2(O)CC2)CC1.CC. The number of allylic oxidation sites excluding steroid dienone is 5. The first-order valence-corrected chi connectivity index (χ1v) is 20.0. The molecular weight excluding hydrogens is 671 g/mol. The van der Waals surface area contributed by atoms with Crippen molar-refractivity contribution >= 4 is 29.6 Å². The van der Waals surface area contributed by atoms with E-state index in [1.54, 1.807) is 12.0 Å². The minimum atomic E-state index is -1.15. The molecule has 9 nitrogen and oxygen atoms in total. The van der Waals surface area contributed by atoms with Gasteiger partial charge in [-0.2, -0.15) is 0 Å². The summed E-state index contributed by atoms with van der Waals surface area (Å²) in [5.41, 5.74) is 4.74. The maximum absolute atomic E-state index is 13.3. The topological polar surface area (TPSA) is 88.6 Å². The van der Waals surface area contributed by atoms with Crippen LogP contribution in [0.1, 0.15) is 108 Å². The lowest BCUT2D eigenvalue weighted by Gasteiger charge is -2.39. The van der Waals surface area contributed by atoms with Gasteiger partial charge in [-0.3, -0.25) is 14.3 Å². The van der Waals surface area contributed by atoms with Gasteiger partial charge < -0.3 is 24.5 Å². The van der Waals surface area contributed by atoms with Gasteiger partial charge in [0.25, 0.3) is 11.8 Å². The Morgan fingerprint density at radius 2 is 1.73 bits per heavy atom. The van der Waals surface area contributed by atoms with Gasteiger partial charge in [0.2, 0.25) is 0 Å². The van der Waals surface area contributed by atoms with Crippen LogP contribution < -0.4 is 9.62 Å². The van der Waals surface area contributed by atoms with E-state index in [1.807, 2.05) is 56.5 Å². The molecule has 1 saturated carbocycles. The van der Waals surface area contributed by atoms with Gasteiger partial charge in [0.15, 0.2) is 0 Å². The summed E-state index contributed by atoms with van der Waals surface area (Å²) in [7, 11) is 5.48. The number of carbonyl (C=O) groups excluding carboxylic acids is 2. The molecule has 1 atom stereocenters. The number of benzene rings is 1. The van der Waals surface area contributed by atoms with E-state index in [0.29, 0.717) is 63.6 Å². The molecule has 2 aliphatic heterocycles. The molecule has 52 heavy (non-hydrogen) atoms. The smallest absolute Gasteiger partial charge is 0.262 e. The average Bonchev–Trinajstić information content (AvgIpc) is 3.92. The zero-order valence-electron chi connectivity index (χ0n) is 33.2. The molecule has 2 heterocycles. The van der Waals surface area contributed by atoms with Gasteiger partial charge in [-0.15, -0.1) is 0 Å². The van der Waals surface area contributed by atoms with Crippen LogP contribution >= 0.6 is 12.1 Å². The fourth-order valence-corrected chi connectivity index (χ4v) is 6.91. The number of unbranched alkanes of at least 4 members (excludes halogenated alkanes) is 4. The number of rotatable bonds is 15. The van der Waals surface area contributed by atoms with E-state index in [1.165, 1.54) is 49.8 Å². The summed E-state index contributed by atoms with van der Waals surface area (Å²) < 4.78 is 10.5. The van der Waals surface area contributed by atoms with Gasteiger partial charge in [-0.1, -0.05) is 90.7 Å². The number of amides is 2. The molecule has 2 N–H and O–H groups in total. The number of nitrogens with one attached hydrogen (secondary N) is 1. The van der Waals surface area contributed by atoms with Crippen LogP contribution in [0.25, 0.3) is 0 Å². The molecule has 4 rings (SSSR count). The summed E-state index contributed by atoms with van der Waals surface area (Å²) in [5, 5.41) is 10.4. The maximum Gasteiger partial charge on any atom is 0.262 e. The highest BCUT2D eigenvalue weighted by atomic mass is 32.2. The first kappa shape index (κ1) is 42.9. The van der Waals surface area contributed by atoms with E-state index in [9.17, 15) is 14.7 Å². The van der Waals surface area contributed by atoms with E-state index in [-0.39, 0.29) is 11.8 Å². The molecule has 2 fully saturated rings. The van der Waals surface area contributed by atoms with Crippen molar-refractivity contribution in [1.82, 2.24) is 18.8 Å². The number of anilines is 1. The molecular formula is C42H65N5O4S. The summed E-state index contributed by atoms with van der Waals surface area (Å²) in [5.74, 6) is 0.790. The van der Waals surface area contributed by atoms with Crippen LogP contribution in [-0.4, -0.2) is 97.1 Å². The number of aliphatic hydroxyl groups is 1. The van der Waals surface area contributed by atoms with Crippen LogP contribution in [0.2, 0.25) is 0 Å². The molecule has 1 aliphatic carbocycles. The van der Waals surface area contributed by atoms with Crippen molar-refractivity contribution in [3.63, 3.8) is 0 Å². The molecule has 3 aliphatic rings. The minimum absolute atomic E-state index is 0.132. The number of hydrogen-bond acceptors (Lipinski definition) is 8. The molecule has 2 amide bonds. The Kier molecular flexibility index (Phi) is 17.6. The third-order valence-electron chi connectivity index (χ3n) is 9.76. The van der Waals surface area contributed by atoms with Gasteiger partial charge in [0, 0.05) is 68.4 Å². The Bertz CT molecular complexity index is 1470. The second-order valence-corrected chi connectivity index (χ2v) is 15.2. The highest BCUT2D eigenvalue weighted by molar-refractivity contribution is 7.95. The molecule has 1 aromatic carbocycles. The number of ether oxygens (including phenoxy) is 1. The molecule has 0 bridgehead atoms. The Hall–Kier alpha value is -3.47. The summed E-state index contributed by atoms with van der Waals surface area (Å²) in [6.45, 7) is 18.8. The average molecular weight is 736 g/mol. The van der Waals surface area contributed by atoms with Crippen molar-refractivity contribution in [2.24, 2.45) is 0 Å². The highest BCUT2D eigenvalue weighted by Crippen LogP contribution is 2.38. The zero-order chi connectivity index (χ0) is 38.3. The summed E-state index contributed by atoms with van der Waals surface area (Å²) in [4.78, 5) is 32.6. The van der Waals surface area contributed by atoms with Gasteiger partial charge in [-0.05, 0) is 87.2 Å². The molecule has 1 unspecified atom stereocenters.